The number of carbonyl (C=O) groups excluding carboxylic acids is 1. The number of nitrogens with one attached hydrogen (secondary N) is 1. The van der Waals surface area contributed by atoms with E-state index in [-0.39, 0.29) is 18.4 Å². The molecule has 1 saturated heterocycles. The third-order valence-corrected chi connectivity index (χ3v) is 5.14. The zero-order valence-electron chi connectivity index (χ0n) is 13.2. The highest BCUT2D eigenvalue weighted by molar-refractivity contribution is 5.85. The summed E-state index contributed by atoms with van der Waals surface area (Å²) in [6.07, 6.45) is 5.20. The SMILES string of the molecule is CC(C)N1CCC(NC(=O)CC2(C(=O)O)CCCC2)CC1. The highest BCUT2D eigenvalue weighted by atomic mass is 16.4. The van der Waals surface area contributed by atoms with Crippen molar-refractivity contribution in [1.82, 2.24) is 10.2 Å². The Balaban J connectivity index is 1.81. The first-order chi connectivity index (χ1) is 9.93. The topological polar surface area (TPSA) is 69.6 Å². The Morgan fingerprint density at radius 3 is 2.29 bits per heavy atom. The summed E-state index contributed by atoms with van der Waals surface area (Å²) in [5, 5.41) is 12.5. The number of amides is 1. The van der Waals surface area contributed by atoms with E-state index < -0.39 is 11.4 Å². The van der Waals surface area contributed by atoms with Gasteiger partial charge in [0.05, 0.1) is 5.41 Å². The highest BCUT2D eigenvalue weighted by Crippen LogP contribution is 2.41. The number of carbonyl (C=O) groups is 2. The smallest absolute Gasteiger partial charge is 0.310 e. The van der Waals surface area contributed by atoms with Gasteiger partial charge in [-0.05, 0) is 39.5 Å². The van der Waals surface area contributed by atoms with Gasteiger partial charge in [-0.3, -0.25) is 9.59 Å². The molecule has 21 heavy (non-hydrogen) atoms. The quantitative estimate of drug-likeness (QED) is 0.814. The predicted molar refractivity (Wildman–Crippen MR) is 81.0 cm³/mol. The first kappa shape index (κ1) is 16.3. The van der Waals surface area contributed by atoms with Crippen LogP contribution in [0.25, 0.3) is 0 Å². The molecule has 2 aliphatic rings. The minimum atomic E-state index is -0.803. The van der Waals surface area contributed by atoms with Crippen molar-refractivity contribution in [3.63, 3.8) is 0 Å². The van der Waals surface area contributed by atoms with Crippen LogP contribution in [0.1, 0.15) is 58.8 Å². The van der Waals surface area contributed by atoms with Crippen molar-refractivity contribution in [3.05, 3.63) is 0 Å². The lowest BCUT2D eigenvalue weighted by Crippen LogP contribution is -2.47. The van der Waals surface area contributed by atoms with Gasteiger partial charge in [-0.2, -0.15) is 0 Å². The van der Waals surface area contributed by atoms with Crippen molar-refractivity contribution in [2.24, 2.45) is 5.41 Å². The summed E-state index contributed by atoms with van der Waals surface area (Å²) in [7, 11) is 0. The molecule has 1 saturated carbocycles. The molecule has 0 atom stereocenters. The monoisotopic (exact) mass is 296 g/mol. The number of rotatable bonds is 5. The Kier molecular flexibility index (Phi) is 5.25. The van der Waals surface area contributed by atoms with E-state index in [4.69, 9.17) is 0 Å². The van der Waals surface area contributed by atoms with Gasteiger partial charge >= 0.3 is 5.97 Å². The zero-order valence-corrected chi connectivity index (χ0v) is 13.2. The molecule has 0 spiro atoms. The molecular weight excluding hydrogens is 268 g/mol. The van der Waals surface area contributed by atoms with Gasteiger partial charge in [-0.1, -0.05) is 12.8 Å². The van der Waals surface area contributed by atoms with Crippen LogP contribution in [-0.2, 0) is 9.59 Å². The molecule has 1 aliphatic heterocycles. The molecule has 1 heterocycles. The number of piperidine rings is 1. The molecule has 2 rings (SSSR count). The Labute approximate surface area is 127 Å². The van der Waals surface area contributed by atoms with Crippen molar-refractivity contribution < 1.29 is 14.7 Å². The molecule has 0 aromatic heterocycles. The molecule has 5 heteroatoms. The molecule has 0 radical (unpaired) electrons. The van der Waals surface area contributed by atoms with Gasteiger partial charge in [0.25, 0.3) is 0 Å². The van der Waals surface area contributed by atoms with Gasteiger partial charge in [-0.25, -0.2) is 0 Å². The fourth-order valence-electron chi connectivity index (χ4n) is 3.66. The molecule has 0 aromatic carbocycles. The van der Waals surface area contributed by atoms with Crippen LogP contribution in [0.5, 0.6) is 0 Å². The van der Waals surface area contributed by atoms with Crippen LogP contribution < -0.4 is 5.32 Å². The maximum Gasteiger partial charge on any atom is 0.310 e. The maximum absolute atomic E-state index is 12.2. The second-order valence-electron chi connectivity index (χ2n) is 6.94. The van der Waals surface area contributed by atoms with E-state index in [1.54, 1.807) is 0 Å². The summed E-state index contributed by atoms with van der Waals surface area (Å²) in [6.45, 7) is 6.39. The van der Waals surface area contributed by atoms with Gasteiger partial charge in [0.2, 0.25) is 5.91 Å². The summed E-state index contributed by atoms with van der Waals surface area (Å²) in [5.41, 5.74) is -0.803. The summed E-state index contributed by atoms with van der Waals surface area (Å²) in [5.74, 6) is -0.882. The second kappa shape index (κ2) is 6.77. The molecule has 5 nitrogen and oxygen atoms in total. The molecule has 1 aliphatic carbocycles. The fourth-order valence-corrected chi connectivity index (χ4v) is 3.66. The Bertz CT molecular complexity index is 381. The fraction of sp³-hybridized carbons (Fsp3) is 0.875. The van der Waals surface area contributed by atoms with Crippen LogP contribution >= 0.6 is 0 Å². The van der Waals surface area contributed by atoms with Crippen molar-refractivity contribution >= 4 is 11.9 Å². The van der Waals surface area contributed by atoms with Gasteiger partial charge < -0.3 is 15.3 Å². The van der Waals surface area contributed by atoms with Gasteiger partial charge in [0.1, 0.15) is 0 Å². The molecule has 2 N–H and O–H groups in total. The lowest BCUT2D eigenvalue weighted by molar-refractivity contribution is -0.151. The third kappa shape index (κ3) is 3.96. The second-order valence-corrected chi connectivity index (χ2v) is 6.94. The van der Waals surface area contributed by atoms with Crippen molar-refractivity contribution in [2.45, 2.75) is 70.9 Å². The lowest BCUT2D eigenvalue weighted by atomic mass is 9.82. The molecule has 0 bridgehead atoms. The predicted octanol–water partition coefficient (Wildman–Crippen LogP) is 2.01. The molecule has 1 amide bonds. The minimum Gasteiger partial charge on any atom is -0.481 e. The average Bonchev–Trinajstić information content (AvgIpc) is 2.89. The summed E-state index contributed by atoms with van der Waals surface area (Å²) < 4.78 is 0. The van der Waals surface area contributed by atoms with Gasteiger partial charge in [0, 0.05) is 31.6 Å². The van der Waals surface area contributed by atoms with Crippen LogP contribution in [-0.4, -0.2) is 47.1 Å². The Morgan fingerprint density at radius 2 is 1.81 bits per heavy atom. The number of likely N-dealkylation sites (tertiary alicyclic amines) is 1. The lowest BCUT2D eigenvalue weighted by Gasteiger charge is -2.35. The van der Waals surface area contributed by atoms with E-state index in [0.29, 0.717) is 18.9 Å². The Morgan fingerprint density at radius 1 is 1.24 bits per heavy atom. The number of carboxylic acid groups (broad SMARTS) is 1. The van der Waals surface area contributed by atoms with E-state index in [9.17, 15) is 14.7 Å². The summed E-state index contributed by atoms with van der Waals surface area (Å²) >= 11 is 0. The normalized spacial score (nSPS) is 23.4. The zero-order chi connectivity index (χ0) is 15.5. The number of carboxylic acids is 1. The maximum atomic E-state index is 12.2. The standard InChI is InChI=1S/C16H28N2O3/c1-12(2)18-9-5-13(6-10-18)17-14(19)11-16(15(20)21)7-3-4-8-16/h12-13H,3-11H2,1-2H3,(H,17,19)(H,20,21). The van der Waals surface area contributed by atoms with E-state index in [1.165, 1.54) is 0 Å². The molecule has 120 valence electrons. The van der Waals surface area contributed by atoms with Crippen LogP contribution in [0, 0.1) is 5.41 Å². The van der Waals surface area contributed by atoms with E-state index in [1.807, 2.05) is 0 Å². The van der Waals surface area contributed by atoms with E-state index in [2.05, 4.69) is 24.1 Å². The van der Waals surface area contributed by atoms with Crippen LogP contribution in [0.3, 0.4) is 0 Å². The van der Waals surface area contributed by atoms with E-state index in [0.717, 1.165) is 38.8 Å². The number of hydrogen-bond acceptors (Lipinski definition) is 3. The van der Waals surface area contributed by atoms with Gasteiger partial charge in [-0.15, -0.1) is 0 Å². The largest absolute Gasteiger partial charge is 0.481 e. The highest BCUT2D eigenvalue weighted by Gasteiger charge is 2.43. The molecular formula is C16H28N2O3. The minimum absolute atomic E-state index is 0.0812. The van der Waals surface area contributed by atoms with Gasteiger partial charge in [0.15, 0.2) is 0 Å². The summed E-state index contributed by atoms with van der Waals surface area (Å²) in [6, 6.07) is 0.759. The molecule has 0 aromatic rings. The van der Waals surface area contributed by atoms with Crippen LogP contribution in [0.4, 0.5) is 0 Å². The summed E-state index contributed by atoms with van der Waals surface area (Å²) in [4.78, 5) is 26.1. The van der Waals surface area contributed by atoms with Crippen molar-refractivity contribution in [2.75, 3.05) is 13.1 Å². The number of hydrogen-bond donors (Lipinski definition) is 2. The van der Waals surface area contributed by atoms with Crippen LogP contribution in [0.2, 0.25) is 0 Å². The van der Waals surface area contributed by atoms with Crippen LogP contribution in [0.15, 0.2) is 0 Å². The molecule has 0 unspecified atom stereocenters. The first-order valence-electron chi connectivity index (χ1n) is 8.20. The van der Waals surface area contributed by atoms with Crippen molar-refractivity contribution in [3.8, 4) is 0 Å². The number of nitrogens with zero attached hydrogens (tertiary/aromatic N) is 1. The third-order valence-electron chi connectivity index (χ3n) is 5.14. The average molecular weight is 296 g/mol. The van der Waals surface area contributed by atoms with E-state index >= 15 is 0 Å². The Hall–Kier alpha value is -1.10. The molecule has 2 fully saturated rings. The first-order valence-corrected chi connectivity index (χ1v) is 8.20. The number of aliphatic carboxylic acids is 1. The van der Waals surface area contributed by atoms with Crippen molar-refractivity contribution in [1.29, 1.82) is 0 Å².